The van der Waals surface area contributed by atoms with Crippen molar-refractivity contribution in [1.82, 2.24) is 4.98 Å². The second-order valence-electron chi connectivity index (χ2n) is 5.60. The molecule has 0 aliphatic heterocycles. The van der Waals surface area contributed by atoms with E-state index in [4.69, 9.17) is 5.73 Å². The van der Waals surface area contributed by atoms with Crippen molar-refractivity contribution in [2.45, 2.75) is 39.5 Å². The van der Waals surface area contributed by atoms with Crippen molar-refractivity contribution in [3.63, 3.8) is 0 Å². The average molecular weight is 288 g/mol. The molecule has 0 amide bonds. The summed E-state index contributed by atoms with van der Waals surface area (Å²) in [5.74, 6) is 0.177. The van der Waals surface area contributed by atoms with Gasteiger partial charge in [0, 0.05) is 16.0 Å². The largest absolute Gasteiger partial charge is 0.399 e. The number of nitrogens with zero attached hydrogens (tertiary/aromatic N) is 1. The molecule has 4 heteroatoms. The molecular weight excluding hydrogens is 268 g/mol. The average Bonchev–Trinajstić information content (AvgIpc) is 2.68. The van der Waals surface area contributed by atoms with Gasteiger partial charge in [-0.15, -0.1) is 11.3 Å². The van der Waals surface area contributed by atoms with Crippen molar-refractivity contribution in [3.8, 4) is 0 Å². The fourth-order valence-electron chi connectivity index (χ4n) is 2.03. The highest BCUT2D eigenvalue weighted by Crippen LogP contribution is 2.28. The molecule has 0 unspecified atom stereocenters. The molecular formula is C16H20N2OS. The van der Waals surface area contributed by atoms with E-state index >= 15 is 0 Å². The third-order valence-electron chi connectivity index (χ3n) is 3.71. The zero-order valence-electron chi connectivity index (χ0n) is 12.4. The molecule has 2 aromatic rings. The number of hydrogen-bond donors (Lipinski definition) is 1. The minimum atomic E-state index is -0.527. The molecule has 1 heterocycles. The van der Waals surface area contributed by atoms with Crippen LogP contribution in [0.25, 0.3) is 0 Å². The molecule has 0 radical (unpaired) electrons. The summed E-state index contributed by atoms with van der Waals surface area (Å²) in [6.07, 6.45) is 0.386. The highest BCUT2D eigenvalue weighted by molar-refractivity contribution is 7.11. The smallest absolute Gasteiger partial charge is 0.149 e. The Morgan fingerprint density at radius 3 is 2.35 bits per heavy atom. The van der Waals surface area contributed by atoms with E-state index in [0.717, 1.165) is 16.3 Å². The summed E-state index contributed by atoms with van der Waals surface area (Å²) < 4.78 is 0. The first-order chi connectivity index (χ1) is 9.30. The lowest BCUT2D eigenvalue weighted by Crippen LogP contribution is -2.30. The number of anilines is 1. The van der Waals surface area contributed by atoms with Gasteiger partial charge in [0.05, 0.1) is 12.1 Å². The van der Waals surface area contributed by atoms with E-state index in [0.29, 0.717) is 12.1 Å². The summed E-state index contributed by atoms with van der Waals surface area (Å²) in [5.41, 5.74) is 7.88. The van der Waals surface area contributed by atoms with Crippen LogP contribution in [0, 0.1) is 13.8 Å². The first-order valence-electron chi connectivity index (χ1n) is 6.63. The minimum absolute atomic E-state index is 0.177. The van der Waals surface area contributed by atoms with Crippen molar-refractivity contribution in [3.05, 3.63) is 45.4 Å². The number of aromatic nitrogens is 1. The van der Waals surface area contributed by atoms with Gasteiger partial charge in [0.2, 0.25) is 0 Å². The van der Waals surface area contributed by atoms with E-state index in [1.165, 1.54) is 4.88 Å². The van der Waals surface area contributed by atoms with Crippen molar-refractivity contribution < 1.29 is 4.79 Å². The fraction of sp³-hybridized carbons (Fsp3) is 0.375. The standard InChI is InChI=1S/C16H20N2OS/c1-10-11(2)20-15(18-10)9-14(19)16(3,4)12-5-7-13(17)8-6-12/h5-8H,9,17H2,1-4H3. The molecule has 0 saturated carbocycles. The van der Waals surface area contributed by atoms with Crippen LogP contribution in [0.5, 0.6) is 0 Å². The molecule has 0 saturated heterocycles. The second kappa shape index (κ2) is 5.37. The van der Waals surface area contributed by atoms with Crippen LogP contribution in [0.1, 0.15) is 35.0 Å². The van der Waals surface area contributed by atoms with Crippen molar-refractivity contribution in [2.75, 3.05) is 5.73 Å². The summed E-state index contributed by atoms with van der Waals surface area (Å²) in [6.45, 7) is 7.92. The minimum Gasteiger partial charge on any atom is -0.399 e. The van der Waals surface area contributed by atoms with E-state index < -0.39 is 5.41 Å². The summed E-state index contributed by atoms with van der Waals surface area (Å²) in [4.78, 5) is 18.2. The quantitative estimate of drug-likeness (QED) is 0.877. The molecule has 0 fully saturated rings. The molecule has 0 aliphatic carbocycles. The van der Waals surface area contributed by atoms with Gasteiger partial charge in [0.15, 0.2) is 0 Å². The summed E-state index contributed by atoms with van der Waals surface area (Å²) >= 11 is 1.60. The number of benzene rings is 1. The molecule has 1 aromatic carbocycles. The number of aryl methyl sites for hydroxylation is 2. The van der Waals surface area contributed by atoms with Crippen molar-refractivity contribution in [2.24, 2.45) is 0 Å². The zero-order chi connectivity index (χ0) is 14.9. The summed E-state index contributed by atoms with van der Waals surface area (Å²) in [5, 5.41) is 0.897. The maximum atomic E-state index is 12.6. The topological polar surface area (TPSA) is 56.0 Å². The summed E-state index contributed by atoms with van der Waals surface area (Å²) in [7, 11) is 0. The molecule has 0 atom stereocenters. The van der Waals surface area contributed by atoms with Crippen LogP contribution in [0.2, 0.25) is 0 Å². The Balaban J connectivity index is 2.20. The van der Waals surface area contributed by atoms with Crippen LogP contribution >= 0.6 is 11.3 Å². The Hall–Kier alpha value is -1.68. The van der Waals surface area contributed by atoms with Gasteiger partial charge in [0.1, 0.15) is 10.8 Å². The summed E-state index contributed by atoms with van der Waals surface area (Å²) in [6, 6.07) is 7.52. The lowest BCUT2D eigenvalue weighted by Gasteiger charge is -2.23. The van der Waals surface area contributed by atoms with Crippen LogP contribution in [0.4, 0.5) is 5.69 Å². The van der Waals surface area contributed by atoms with Crippen LogP contribution in [0.3, 0.4) is 0 Å². The van der Waals surface area contributed by atoms with Gasteiger partial charge in [-0.25, -0.2) is 4.98 Å². The van der Waals surface area contributed by atoms with Crippen LogP contribution in [-0.4, -0.2) is 10.8 Å². The molecule has 2 rings (SSSR count). The number of carbonyl (C=O) groups excluding carboxylic acids is 1. The molecule has 0 aliphatic rings. The normalized spacial score (nSPS) is 11.6. The Kier molecular flexibility index (Phi) is 3.95. The number of hydrogen-bond acceptors (Lipinski definition) is 4. The Morgan fingerprint density at radius 2 is 1.85 bits per heavy atom. The highest BCUT2D eigenvalue weighted by Gasteiger charge is 2.30. The van der Waals surface area contributed by atoms with E-state index in [1.807, 2.05) is 52.0 Å². The number of ketones is 1. The maximum absolute atomic E-state index is 12.6. The number of Topliss-reactive ketones (excluding diaryl/α,β-unsaturated/α-hetero) is 1. The molecule has 0 bridgehead atoms. The maximum Gasteiger partial charge on any atom is 0.149 e. The SMILES string of the molecule is Cc1nc(CC(=O)C(C)(C)c2ccc(N)cc2)sc1C. The third kappa shape index (κ3) is 2.90. The van der Waals surface area contributed by atoms with Crippen LogP contribution in [-0.2, 0) is 16.6 Å². The molecule has 0 spiro atoms. The van der Waals surface area contributed by atoms with Gasteiger partial charge in [-0.2, -0.15) is 0 Å². The Morgan fingerprint density at radius 1 is 1.25 bits per heavy atom. The van der Waals surface area contributed by atoms with E-state index in [9.17, 15) is 4.79 Å². The van der Waals surface area contributed by atoms with Crippen molar-refractivity contribution in [1.29, 1.82) is 0 Å². The van der Waals surface area contributed by atoms with Crippen LogP contribution < -0.4 is 5.73 Å². The third-order valence-corrected chi connectivity index (χ3v) is 4.79. The molecule has 106 valence electrons. The Labute approximate surface area is 123 Å². The van der Waals surface area contributed by atoms with E-state index in [-0.39, 0.29) is 5.78 Å². The highest BCUT2D eigenvalue weighted by atomic mass is 32.1. The lowest BCUT2D eigenvalue weighted by atomic mass is 9.79. The second-order valence-corrected chi connectivity index (χ2v) is 6.88. The number of thiazole rings is 1. The first kappa shape index (κ1) is 14.7. The molecule has 1 aromatic heterocycles. The van der Waals surface area contributed by atoms with Gasteiger partial charge in [-0.3, -0.25) is 4.79 Å². The predicted molar refractivity (Wildman–Crippen MR) is 84.2 cm³/mol. The monoisotopic (exact) mass is 288 g/mol. The van der Waals surface area contributed by atoms with Crippen LogP contribution in [0.15, 0.2) is 24.3 Å². The Bertz CT molecular complexity index is 607. The number of carbonyl (C=O) groups is 1. The predicted octanol–water partition coefficient (Wildman–Crippen LogP) is 3.43. The van der Waals surface area contributed by atoms with Gasteiger partial charge in [0.25, 0.3) is 0 Å². The van der Waals surface area contributed by atoms with Gasteiger partial charge < -0.3 is 5.73 Å². The van der Waals surface area contributed by atoms with Crippen molar-refractivity contribution >= 4 is 22.8 Å². The lowest BCUT2D eigenvalue weighted by molar-refractivity contribution is -0.122. The van der Waals surface area contributed by atoms with Gasteiger partial charge in [-0.05, 0) is 45.4 Å². The molecule has 20 heavy (non-hydrogen) atoms. The molecule has 2 N–H and O–H groups in total. The fourth-order valence-corrected chi connectivity index (χ4v) is 2.97. The zero-order valence-corrected chi connectivity index (χ0v) is 13.2. The number of rotatable bonds is 4. The van der Waals surface area contributed by atoms with E-state index in [1.54, 1.807) is 11.3 Å². The number of nitrogen functional groups attached to an aromatic ring is 1. The molecule has 3 nitrogen and oxygen atoms in total. The first-order valence-corrected chi connectivity index (χ1v) is 7.44. The van der Waals surface area contributed by atoms with E-state index in [2.05, 4.69) is 4.98 Å². The van der Waals surface area contributed by atoms with Gasteiger partial charge >= 0.3 is 0 Å². The van der Waals surface area contributed by atoms with Gasteiger partial charge in [-0.1, -0.05) is 12.1 Å². The number of nitrogens with two attached hydrogens (primary N) is 1.